The number of halogens is 1. The van der Waals surface area contributed by atoms with Crippen LogP contribution in [0.25, 0.3) is 0 Å². The van der Waals surface area contributed by atoms with Gasteiger partial charge in [0.1, 0.15) is 5.82 Å². The third-order valence-corrected chi connectivity index (χ3v) is 4.26. The zero-order valence-corrected chi connectivity index (χ0v) is 13.3. The highest BCUT2D eigenvalue weighted by molar-refractivity contribution is 5.94. The van der Waals surface area contributed by atoms with Gasteiger partial charge in [0.25, 0.3) is 5.91 Å². The first kappa shape index (κ1) is 16.9. The Kier molecular flexibility index (Phi) is 5.91. The second kappa shape index (κ2) is 7.70. The van der Waals surface area contributed by atoms with Crippen LogP contribution in [-0.4, -0.2) is 59.6 Å². The summed E-state index contributed by atoms with van der Waals surface area (Å²) in [6.07, 6.45) is 2.84. The number of hydrogen-bond acceptors (Lipinski definition) is 3. The van der Waals surface area contributed by atoms with Crippen LogP contribution in [0.15, 0.2) is 24.3 Å². The van der Waals surface area contributed by atoms with E-state index in [0.717, 1.165) is 25.8 Å². The average molecular weight is 308 g/mol. The maximum Gasteiger partial charge on any atom is 0.253 e. The van der Waals surface area contributed by atoms with E-state index in [1.54, 1.807) is 4.90 Å². The standard InChI is InChI=1S/C17H25FN2O2/c1-3-4-5-15(10-20-11-16(21)12-20)19(2)17(22)13-6-8-14(18)9-7-13/h6-9,15-16,21H,3-5,10-12H2,1-2H3/t15-/m0/s1. The molecule has 0 saturated carbocycles. The molecule has 0 bridgehead atoms. The predicted octanol–water partition coefficient (Wildman–Crippen LogP) is 2.13. The number of rotatable bonds is 7. The number of aliphatic hydroxyl groups excluding tert-OH is 1. The number of β-amino-alcohol motifs (C(OH)–C–C–N with tert-alkyl or cyclic N) is 1. The fourth-order valence-electron chi connectivity index (χ4n) is 2.80. The number of likely N-dealkylation sites (tertiary alicyclic amines) is 1. The Bertz CT molecular complexity index is 486. The van der Waals surface area contributed by atoms with Gasteiger partial charge >= 0.3 is 0 Å². The van der Waals surface area contributed by atoms with Crippen LogP contribution in [0.4, 0.5) is 4.39 Å². The Morgan fingerprint density at radius 1 is 1.41 bits per heavy atom. The van der Waals surface area contributed by atoms with Crippen molar-refractivity contribution in [3.8, 4) is 0 Å². The smallest absolute Gasteiger partial charge is 0.253 e. The lowest BCUT2D eigenvalue weighted by atomic mass is 10.0. The highest BCUT2D eigenvalue weighted by Gasteiger charge is 2.29. The van der Waals surface area contributed by atoms with Gasteiger partial charge in [-0.15, -0.1) is 0 Å². The normalized spacial score (nSPS) is 17.1. The van der Waals surface area contributed by atoms with Crippen molar-refractivity contribution in [1.82, 2.24) is 9.80 Å². The molecule has 1 aliphatic rings. The number of unbranched alkanes of at least 4 members (excludes halogenated alkanes) is 1. The lowest BCUT2D eigenvalue weighted by Gasteiger charge is -2.40. The summed E-state index contributed by atoms with van der Waals surface area (Å²) in [5.41, 5.74) is 0.508. The number of likely N-dealkylation sites (N-methyl/N-ethyl adjacent to an activating group) is 1. The first-order chi connectivity index (χ1) is 10.5. The molecule has 1 fully saturated rings. The molecular formula is C17H25FN2O2. The van der Waals surface area contributed by atoms with E-state index in [1.807, 2.05) is 7.05 Å². The van der Waals surface area contributed by atoms with E-state index in [9.17, 15) is 14.3 Å². The molecule has 0 aliphatic carbocycles. The van der Waals surface area contributed by atoms with Crippen LogP contribution >= 0.6 is 0 Å². The monoisotopic (exact) mass is 308 g/mol. The van der Waals surface area contributed by atoms with Gasteiger partial charge in [0.2, 0.25) is 0 Å². The Labute approximate surface area is 131 Å². The van der Waals surface area contributed by atoms with Crippen LogP contribution in [0.5, 0.6) is 0 Å². The van der Waals surface area contributed by atoms with Crippen LogP contribution in [0.2, 0.25) is 0 Å². The van der Waals surface area contributed by atoms with Crippen LogP contribution in [0, 0.1) is 5.82 Å². The van der Waals surface area contributed by atoms with Gasteiger partial charge in [-0.1, -0.05) is 19.8 Å². The number of amides is 1. The van der Waals surface area contributed by atoms with Crippen molar-refractivity contribution < 1.29 is 14.3 Å². The van der Waals surface area contributed by atoms with Gasteiger partial charge in [-0.25, -0.2) is 4.39 Å². The number of carbonyl (C=O) groups is 1. The molecule has 0 spiro atoms. The van der Waals surface area contributed by atoms with E-state index >= 15 is 0 Å². The Balaban J connectivity index is 2.01. The molecule has 5 heteroatoms. The lowest BCUT2D eigenvalue weighted by molar-refractivity contribution is -0.0114. The number of carbonyl (C=O) groups excluding carboxylic acids is 1. The summed E-state index contributed by atoms with van der Waals surface area (Å²) >= 11 is 0. The molecule has 1 amide bonds. The van der Waals surface area contributed by atoms with Crippen LogP contribution < -0.4 is 0 Å². The number of aliphatic hydroxyl groups is 1. The van der Waals surface area contributed by atoms with E-state index in [0.29, 0.717) is 18.7 Å². The van der Waals surface area contributed by atoms with Gasteiger partial charge in [-0.05, 0) is 30.7 Å². The highest BCUT2D eigenvalue weighted by Crippen LogP contribution is 2.17. The van der Waals surface area contributed by atoms with Crippen molar-refractivity contribution in [1.29, 1.82) is 0 Å². The third kappa shape index (κ3) is 4.27. The summed E-state index contributed by atoms with van der Waals surface area (Å²) in [5.74, 6) is -0.418. The largest absolute Gasteiger partial charge is 0.390 e. The van der Waals surface area contributed by atoms with Crippen LogP contribution in [0.1, 0.15) is 36.5 Å². The zero-order valence-electron chi connectivity index (χ0n) is 13.3. The second-order valence-electron chi connectivity index (χ2n) is 6.09. The minimum absolute atomic E-state index is 0.0813. The molecule has 1 aromatic rings. The SMILES string of the molecule is CCCC[C@@H](CN1CC(O)C1)N(C)C(=O)c1ccc(F)cc1. The minimum atomic E-state index is -0.337. The van der Waals surface area contributed by atoms with E-state index in [1.165, 1.54) is 24.3 Å². The summed E-state index contributed by atoms with van der Waals surface area (Å²) in [5, 5.41) is 9.40. The molecule has 0 radical (unpaired) electrons. The van der Waals surface area contributed by atoms with E-state index in [4.69, 9.17) is 0 Å². The van der Waals surface area contributed by atoms with Crippen molar-refractivity contribution in [2.75, 3.05) is 26.7 Å². The molecule has 1 aliphatic heterocycles. The summed E-state index contributed by atoms with van der Waals surface area (Å²) in [4.78, 5) is 16.5. The third-order valence-electron chi connectivity index (χ3n) is 4.26. The van der Waals surface area contributed by atoms with Gasteiger partial charge in [-0.3, -0.25) is 9.69 Å². The predicted molar refractivity (Wildman–Crippen MR) is 84.3 cm³/mol. The Hall–Kier alpha value is -1.46. The molecule has 1 N–H and O–H groups in total. The van der Waals surface area contributed by atoms with E-state index < -0.39 is 0 Å². The molecule has 1 saturated heterocycles. The number of hydrogen-bond donors (Lipinski definition) is 1. The van der Waals surface area contributed by atoms with Gasteiger partial charge in [0.05, 0.1) is 6.10 Å². The molecule has 0 aromatic heterocycles. The fourth-order valence-corrected chi connectivity index (χ4v) is 2.80. The molecule has 4 nitrogen and oxygen atoms in total. The summed E-state index contributed by atoms with van der Waals surface area (Å²) < 4.78 is 13.0. The van der Waals surface area contributed by atoms with Gasteiger partial charge < -0.3 is 10.0 Å². The quantitative estimate of drug-likeness (QED) is 0.839. The fraction of sp³-hybridized carbons (Fsp3) is 0.588. The van der Waals surface area contributed by atoms with Gasteiger partial charge in [0, 0.05) is 38.3 Å². The highest BCUT2D eigenvalue weighted by atomic mass is 19.1. The van der Waals surface area contributed by atoms with Crippen molar-refractivity contribution in [2.24, 2.45) is 0 Å². The van der Waals surface area contributed by atoms with Crippen molar-refractivity contribution in [2.45, 2.75) is 38.3 Å². The lowest BCUT2D eigenvalue weighted by Crippen LogP contribution is -2.55. The molecule has 1 atom stereocenters. The van der Waals surface area contributed by atoms with Crippen LogP contribution in [-0.2, 0) is 0 Å². The van der Waals surface area contributed by atoms with Crippen LogP contribution in [0.3, 0.4) is 0 Å². The van der Waals surface area contributed by atoms with E-state index in [-0.39, 0.29) is 23.9 Å². The van der Waals surface area contributed by atoms with Crippen molar-refractivity contribution >= 4 is 5.91 Å². The molecule has 2 rings (SSSR count). The maximum atomic E-state index is 13.0. The Morgan fingerprint density at radius 2 is 2.05 bits per heavy atom. The van der Waals surface area contributed by atoms with Crippen molar-refractivity contribution in [3.05, 3.63) is 35.6 Å². The first-order valence-corrected chi connectivity index (χ1v) is 7.94. The van der Waals surface area contributed by atoms with Gasteiger partial charge in [0.15, 0.2) is 0 Å². The second-order valence-corrected chi connectivity index (χ2v) is 6.09. The topological polar surface area (TPSA) is 43.8 Å². The molecule has 22 heavy (non-hydrogen) atoms. The number of benzene rings is 1. The molecule has 1 heterocycles. The average Bonchev–Trinajstić information content (AvgIpc) is 2.48. The van der Waals surface area contributed by atoms with E-state index in [2.05, 4.69) is 11.8 Å². The summed E-state index contributed by atoms with van der Waals surface area (Å²) in [6, 6.07) is 5.79. The molecule has 122 valence electrons. The molecular weight excluding hydrogens is 283 g/mol. The van der Waals surface area contributed by atoms with Crippen molar-refractivity contribution in [3.63, 3.8) is 0 Å². The Morgan fingerprint density at radius 3 is 2.59 bits per heavy atom. The maximum absolute atomic E-state index is 13.0. The van der Waals surface area contributed by atoms with Gasteiger partial charge in [-0.2, -0.15) is 0 Å². The minimum Gasteiger partial charge on any atom is -0.390 e. The zero-order chi connectivity index (χ0) is 16.1. The summed E-state index contributed by atoms with van der Waals surface area (Å²) in [7, 11) is 1.81. The summed E-state index contributed by atoms with van der Waals surface area (Å²) in [6.45, 7) is 4.27. The molecule has 1 aromatic carbocycles. The molecule has 0 unspecified atom stereocenters. The number of nitrogens with zero attached hydrogens (tertiary/aromatic N) is 2. The first-order valence-electron chi connectivity index (χ1n) is 7.94.